The average molecular weight is 543 g/mol. The molecule has 0 rings (SSSR count). The number of hydrogen-bond acceptors (Lipinski definition) is 8. The molecule has 0 aliphatic rings. The SMILES string of the molecule is COC(=O)CCCCCCCCCCOC(=O)CCCCC(=O)OCCCCCCCCCCC(=O)OC. The summed E-state index contributed by atoms with van der Waals surface area (Å²) in [5, 5.41) is 0. The van der Waals surface area contributed by atoms with Crippen LogP contribution in [-0.4, -0.2) is 51.3 Å². The number of hydrogen-bond donors (Lipinski definition) is 0. The van der Waals surface area contributed by atoms with Crippen molar-refractivity contribution in [3.8, 4) is 0 Å². The van der Waals surface area contributed by atoms with Crippen LogP contribution < -0.4 is 0 Å². The maximum atomic E-state index is 11.8. The van der Waals surface area contributed by atoms with Crippen LogP contribution in [0, 0.1) is 0 Å². The van der Waals surface area contributed by atoms with E-state index in [1.807, 2.05) is 0 Å². The molecule has 0 aliphatic carbocycles. The van der Waals surface area contributed by atoms with Gasteiger partial charge in [-0.3, -0.25) is 19.2 Å². The predicted molar refractivity (Wildman–Crippen MR) is 148 cm³/mol. The van der Waals surface area contributed by atoms with Gasteiger partial charge in [-0.2, -0.15) is 0 Å². The Labute approximate surface area is 230 Å². The first-order chi connectivity index (χ1) is 18.5. The Hall–Kier alpha value is -2.12. The third-order valence-corrected chi connectivity index (χ3v) is 6.54. The Kier molecular flexibility index (Phi) is 26.3. The van der Waals surface area contributed by atoms with Crippen molar-refractivity contribution in [3.63, 3.8) is 0 Å². The Bertz CT molecular complexity index is 553. The van der Waals surface area contributed by atoms with Crippen LogP contribution in [-0.2, 0) is 38.1 Å². The van der Waals surface area contributed by atoms with Crippen LogP contribution in [0.2, 0.25) is 0 Å². The number of esters is 4. The number of methoxy groups -OCH3 is 2. The summed E-state index contributed by atoms with van der Waals surface area (Å²) in [6.45, 7) is 0.935. The molecule has 0 saturated carbocycles. The Morgan fingerprint density at radius 2 is 0.579 bits per heavy atom. The summed E-state index contributed by atoms with van der Waals surface area (Å²) in [6.07, 6.45) is 20.0. The van der Waals surface area contributed by atoms with Gasteiger partial charge in [0.25, 0.3) is 0 Å². The van der Waals surface area contributed by atoms with Gasteiger partial charge >= 0.3 is 23.9 Å². The molecule has 0 aromatic rings. The molecule has 0 atom stereocenters. The Balaban J connectivity index is 3.32. The van der Waals surface area contributed by atoms with Gasteiger partial charge in [-0.25, -0.2) is 0 Å². The molecule has 38 heavy (non-hydrogen) atoms. The average Bonchev–Trinajstić information content (AvgIpc) is 2.92. The number of rotatable bonds is 27. The molecule has 222 valence electrons. The second kappa shape index (κ2) is 27.9. The topological polar surface area (TPSA) is 105 Å². The molecule has 0 spiro atoms. The van der Waals surface area contributed by atoms with E-state index in [0.29, 0.717) is 51.7 Å². The van der Waals surface area contributed by atoms with E-state index in [-0.39, 0.29) is 23.9 Å². The van der Waals surface area contributed by atoms with Crippen molar-refractivity contribution in [2.75, 3.05) is 27.4 Å². The van der Waals surface area contributed by atoms with E-state index in [1.54, 1.807) is 0 Å². The minimum atomic E-state index is -0.188. The zero-order valence-electron chi connectivity index (χ0n) is 24.2. The summed E-state index contributed by atoms with van der Waals surface area (Å²) in [4.78, 5) is 45.7. The minimum absolute atomic E-state index is 0.131. The maximum Gasteiger partial charge on any atom is 0.305 e. The molecule has 8 nitrogen and oxygen atoms in total. The molecule has 0 aliphatic heterocycles. The molecule has 0 unspecified atom stereocenters. The smallest absolute Gasteiger partial charge is 0.305 e. The molecule has 0 amide bonds. The van der Waals surface area contributed by atoms with Crippen molar-refractivity contribution in [2.24, 2.45) is 0 Å². The molecule has 0 heterocycles. The van der Waals surface area contributed by atoms with Gasteiger partial charge in [-0.15, -0.1) is 0 Å². The van der Waals surface area contributed by atoms with E-state index in [4.69, 9.17) is 9.47 Å². The molecule has 0 aromatic heterocycles. The van der Waals surface area contributed by atoms with Crippen LogP contribution in [0.5, 0.6) is 0 Å². The molecule has 0 radical (unpaired) electrons. The number of carbonyl (C=O) groups excluding carboxylic acids is 4. The third kappa shape index (κ3) is 26.9. The van der Waals surface area contributed by atoms with Crippen molar-refractivity contribution in [3.05, 3.63) is 0 Å². The lowest BCUT2D eigenvalue weighted by molar-refractivity contribution is -0.146. The molecular formula is C30H54O8. The highest BCUT2D eigenvalue weighted by atomic mass is 16.5. The quantitative estimate of drug-likeness (QED) is 0.0620. The van der Waals surface area contributed by atoms with Crippen molar-refractivity contribution >= 4 is 23.9 Å². The van der Waals surface area contributed by atoms with Crippen molar-refractivity contribution in [1.82, 2.24) is 0 Å². The summed E-state index contributed by atoms with van der Waals surface area (Å²) >= 11 is 0. The largest absolute Gasteiger partial charge is 0.469 e. The van der Waals surface area contributed by atoms with Crippen LogP contribution in [0.3, 0.4) is 0 Å². The van der Waals surface area contributed by atoms with Crippen LogP contribution in [0.15, 0.2) is 0 Å². The van der Waals surface area contributed by atoms with E-state index in [9.17, 15) is 19.2 Å². The fourth-order valence-electron chi connectivity index (χ4n) is 4.12. The summed E-state index contributed by atoms with van der Waals surface area (Å²) in [6, 6.07) is 0. The highest BCUT2D eigenvalue weighted by Gasteiger charge is 2.06. The molecule has 0 bridgehead atoms. The van der Waals surface area contributed by atoms with E-state index < -0.39 is 0 Å². The molecule has 0 fully saturated rings. The highest BCUT2D eigenvalue weighted by molar-refractivity contribution is 5.70. The normalized spacial score (nSPS) is 10.7. The predicted octanol–water partition coefficient (Wildman–Crippen LogP) is 7.00. The van der Waals surface area contributed by atoms with Gasteiger partial charge < -0.3 is 18.9 Å². The molecule has 8 heteroatoms. The van der Waals surface area contributed by atoms with E-state index >= 15 is 0 Å². The van der Waals surface area contributed by atoms with E-state index in [1.165, 1.54) is 39.9 Å². The van der Waals surface area contributed by atoms with Crippen molar-refractivity contribution in [1.29, 1.82) is 0 Å². The second-order valence-corrected chi connectivity index (χ2v) is 9.96. The first kappa shape index (κ1) is 35.9. The first-order valence-corrected chi connectivity index (χ1v) is 14.9. The van der Waals surface area contributed by atoms with Crippen LogP contribution in [0.1, 0.15) is 141 Å². The minimum Gasteiger partial charge on any atom is -0.469 e. The van der Waals surface area contributed by atoms with Crippen molar-refractivity contribution in [2.45, 2.75) is 141 Å². The van der Waals surface area contributed by atoms with Gasteiger partial charge in [-0.05, 0) is 38.5 Å². The van der Waals surface area contributed by atoms with Crippen LogP contribution >= 0.6 is 0 Å². The lowest BCUT2D eigenvalue weighted by atomic mass is 10.1. The zero-order valence-corrected chi connectivity index (χ0v) is 24.2. The lowest BCUT2D eigenvalue weighted by Gasteiger charge is -2.06. The second-order valence-electron chi connectivity index (χ2n) is 9.96. The van der Waals surface area contributed by atoms with Gasteiger partial charge in [0.15, 0.2) is 0 Å². The lowest BCUT2D eigenvalue weighted by Crippen LogP contribution is -2.08. The summed E-state index contributed by atoms with van der Waals surface area (Å²) in [5.41, 5.74) is 0. The highest BCUT2D eigenvalue weighted by Crippen LogP contribution is 2.12. The first-order valence-electron chi connectivity index (χ1n) is 14.9. The van der Waals surface area contributed by atoms with Gasteiger partial charge in [0, 0.05) is 25.7 Å². The Morgan fingerprint density at radius 3 is 0.895 bits per heavy atom. The monoisotopic (exact) mass is 542 g/mol. The third-order valence-electron chi connectivity index (χ3n) is 6.54. The number of ether oxygens (including phenoxy) is 4. The molecule has 0 saturated heterocycles. The Morgan fingerprint density at radius 1 is 0.342 bits per heavy atom. The van der Waals surface area contributed by atoms with Crippen LogP contribution in [0.25, 0.3) is 0 Å². The summed E-state index contributed by atoms with van der Waals surface area (Å²) in [5.74, 6) is -0.637. The fraction of sp³-hybridized carbons (Fsp3) is 0.867. The standard InChI is InChI=1S/C30H54O8/c1-35-27(31)21-15-11-7-3-5-9-13-19-25-37-29(33)23-17-18-24-30(34)38-26-20-14-10-6-4-8-12-16-22-28(32)36-2/h3-26H2,1-2H3. The maximum absolute atomic E-state index is 11.8. The van der Waals surface area contributed by atoms with Crippen molar-refractivity contribution < 1.29 is 38.1 Å². The van der Waals surface area contributed by atoms with Gasteiger partial charge in [0.1, 0.15) is 0 Å². The molecule has 0 aromatic carbocycles. The summed E-state index contributed by atoms with van der Waals surface area (Å²) in [7, 11) is 2.85. The number of carbonyl (C=O) groups is 4. The van der Waals surface area contributed by atoms with E-state index in [2.05, 4.69) is 9.47 Å². The van der Waals surface area contributed by atoms with E-state index in [0.717, 1.165) is 77.0 Å². The molecular weight excluding hydrogens is 488 g/mol. The molecule has 0 N–H and O–H groups in total. The van der Waals surface area contributed by atoms with Gasteiger partial charge in [0.05, 0.1) is 27.4 Å². The fourth-order valence-corrected chi connectivity index (χ4v) is 4.12. The summed E-state index contributed by atoms with van der Waals surface area (Å²) < 4.78 is 19.8. The number of unbranched alkanes of at least 4 members (excludes halogenated alkanes) is 15. The van der Waals surface area contributed by atoms with Crippen LogP contribution in [0.4, 0.5) is 0 Å². The van der Waals surface area contributed by atoms with Gasteiger partial charge in [-0.1, -0.05) is 77.0 Å². The zero-order chi connectivity index (χ0) is 28.1. The van der Waals surface area contributed by atoms with Gasteiger partial charge in [0.2, 0.25) is 0 Å².